The molecule has 24 heavy (non-hydrogen) atoms. The second-order valence-electron chi connectivity index (χ2n) is 5.29. The Morgan fingerprint density at radius 3 is 2.50 bits per heavy atom. The van der Waals surface area contributed by atoms with Crippen molar-refractivity contribution < 1.29 is 9.53 Å². The first-order valence-electron chi connectivity index (χ1n) is 7.70. The third-order valence-electron chi connectivity index (χ3n) is 3.42. The number of rotatable bonds is 4. The van der Waals surface area contributed by atoms with Gasteiger partial charge in [0.15, 0.2) is 5.75 Å². The SMILES string of the molecule is CC(=O)Oc1cccc2ccc(C=CC=Cc3ccccc3)nc12. The second kappa shape index (κ2) is 7.38. The molecule has 3 nitrogen and oxygen atoms in total. The van der Waals surface area contributed by atoms with Crippen molar-refractivity contribution in [3.63, 3.8) is 0 Å². The van der Waals surface area contributed by atoms with E-state index in [2.05, 4.69) is 4.98 Å². The van der Waals surface area contributed by atoms with Crippen LogP contribution in [0.2, 0.25) is 0 Å². The molecule has 3 heteroatoms. The van der Waals surface area contributed by atoms with Crippen molar-refractivity contribution in [3.05, 3.63) is 84.1 Å². The van der Waals surface area contributed by atoms with Crippen molar-refractivity contribution in [1.29, 1.82) is 0 Å². The molecule has 0 saturated heterocycles. The molecule has 0 aliphatic rings. The molecule has 0 aliphatic heterocycles. The summed E-state index contributed by atoms with van der Waals surface area (Å²) in [5.74, 6) is 0.131. The predicted molar refractivity (Wildman–Crippen MR) is 97.6 cm³/mol. The zero-order chi connectivity index (χ0) is 16.8. The van der Waals surface area contributed by atoms with Crippen LogP contribution in [0.1, 0.15) is 18.2 Å². The molecule has 0 fully saturated rings. The van der Waals surface area contributed by atoms with Gasteiger partial charge in [0, 0.05) is 12.3 Å². The zero-order valence-corrected chi connectivity index (χ0v) is 13.3. The first kappa shape index (κ1) is 15.7. The quantitative estimate of drug-likeness (QED) is 0.391. The van der Waals surface area contributed by atoms with Crippen LogP contribution in [0.25, 0.3) is 23.1 Å². The number of nitrogens with zero attached hydrogens (tertiary/aromatic N) is 1. The van der Waals surface area contributed by atoms with Crippen LogP contribution in [-0.4, -0.2) is 11.0 Å². The summed E-state index contributed by atoms with van der Waals surface area (Å²) in [6, 6.07) is 19.5. The standard InChI is InChI=1S/C21H17NO2/c1-16(23)24-20-13-7-11-18-14-15-19(22-21(18)20)12-6-5-10-17-8-3-2-4-9-17/h2-15H,1H3. The van der Waals surface area contributed by atoms with Gasteiger partial charge in [-0.25, -0.2) is 4.98 Å². The minimum atomic E-state index is -0.351. The maximum atomic E-state index is 11.2. The van der Waals surface area contributed by atoms with Gasteiger partial charge in [-0.15, -0.1) is 0 Å². The van der Waals surface area contributed by atoms with E-state index in [-0.39, 0.29) is 5.97 Å². The molecule has 3 rings (SSSR count). The Balaban J connectivity index is 1.83. The van der Waals surface area contributed by atoms with Gasteiger partial charge in [0.1, 0.15) is 5.52 Å². The highest BCUT2D eigenvalue weighted by Gasteiger charge is 2.06. The minimum Gasteiger partial charge on any atom is -0.424 e. The molecule has 0 unspecified atom stereocenters. The first-order chi connectivity index (χ1) is 11.7. The molecular weight excluding hydrogens is 298 g/mol. The molecule has 0 amide bonds. The van der Waals surface area contributed by atoms with Crippen LogP contribution in [0.5, 0.6) is 5.75 Å². The molecule has 0 N–H and O–H groups in total. The Morgan fingerprint density at radius 1 is 0.917 bits per heavy atom. The lowest BCUT2D eigenvalue weighted by atomic mass is 10.2. The molecule has 0 aliphatic carbocycles. The molecule has 0 bridgehead atoms. The molecule has 0 atom stereocenters. The van der Waals surface area contributed by atoms with E-state index in [0.29, 0.717) is 11.3 Å². The second-order valence-corrected chi connectivity index (χ2v) is 5.29. The maximum Gasteiger partial charge on any atom is 0.308 e. The summed E-state index contributed by atoms with van der Waals surface area (Å²) in [5.41, 5.74) is 2.63. The molecule has 2 aromatic carbocycles. The van der Waals surface area contributed by atoms with Crippen molar-refractivity contribution in [2.24, 2.45) is 0 Å². The highest BCUT2D eigenvalue weighted by Crippen LogP contribution is 2.24. The van der Waals surface area contributed by atoms with Crippen LogP contribution >= 0.6 is 0 Å². The number of esters is 1. The van der Waals surface area contributed by atoms with E-state index in [1.54, 1.807) is 6.07 Å². The van der Waals surface area contributed by atoms with Crippen LogP contribution in [0.3, 0.4) is 0 Å². The number of fused-ring (bicyclic) bond motifs is 1. The fraction of sp³-hybridized carbons (Fsp3) is 0.0476. The van der Waals surface area contributed by atoms with Crippen LogP contribution in [0, 0.1) is 0 Å². The van der Waals surface area contributed by atoms with Crippen molar-refractivity contribution in [3.8, 4) is 5.75 Å². The van der Waals surface area contributed by atoms with Crippen LogP contribution < -0.4 is 4.74 Å². The van der Waals surface area contributed by atoms with Crippen LogP contribution in [0.15, 0.2) is 72.8 Å². The van der Waals surface area contributed by atoms with Gasteiger partial charge in [0.05, 0.1) is 5.69 Å². The molecule has 1 aromatic heterocycles. The summed E-state index contributed by atoms with van der Waals surface area (Å²) in [7, 11) is 0. The van der Waals surface area contributed by atoms with E-state index >= 15 is 0 Å². The minimum absolute atomic E-state index is 0.351. The van der Waals surface area contributed by atoms with Crippen LogP contribution in [0.4, 0.5) is 0 Å². The van der Waals surface area contributed by atoms with E-state index in [1.807, 2.05) is 78.9 Å². The van der Waals surface area contributed by atoms with Gasteiger partial charge in [-0.2, -0.15) is 0 Å². The normalized spacial score (nSPS) is 11.4. The van der Waals surface area contributed by atoms with Crippen molar-refractivity contribution in [2.45, 2.75) is 6.92 Å². The molecule has 1 heterocycles. The van der Waals surface area contributed by atoms with Gasteiger partial charge < -0.3 is 4.74 Å². The molecular formula is C21H17NO2. The van der Waals surface area contributed by atoms with Gasteiger partial charge in [-0.1, -0.05) is 66.8 Å². The summed E-state index contributed by atoms with van der Waals surface area (Å²) in [5, 5.41) is 0.936. The number of pyridine rings is 1. The average Bonchev–Trinajstić information content (AvgIpc) is 2.60. The number of allylic oxidation sites excluding steroid dienone is 2. The number of hydrogen-bond donors (Lipinski definition) is 0. The number of carbonyl (C=O) groups excluding carboxylic acids is 1. The van der Waals surface area contributed by atoms with Crippen molar-refractivity contribution in [2.75, 3.05) is 0 Å². The van der Waals surface area contributed by atoms with E-state index in [0.717, 1.165) is 16.6 Å². The molecule has 0 spiro atoms. The fourth-order valence-corrected chi connectivity index (χ4v) is 2.35. The topological polar surface area (TPSA) is 39.2 Å². The molecule has 3 aromatic rings. The summed E-state index contributed by atoms with van der Waals surface area (Å²) in [4.78, 5) is 15.8. The number of para-hydroxylation sites is 1. The number of aromatic nitrogens is 1. The Labute approximate surface area is 140 Å². The Morgan fingerprint density at radius 2 is 1.71 bits per heavy atom. The number of ether oxygens (including phenoxy) is 1. The summed E-state index contributed by atoms with van der Waals surface area (Å²) >= 11 is 0. The van der Waals surface area contributed by atoms with E-state index in [1.165, 1.54) is 6.92 Å². The smallest absolute Gasteiger partial charge is 0.308 e. The Kier molecular flexibility index (Phi) is 4.82. The number of carbonyl (C=O) groups is 1. The highest BCUT2D eigenvalue weighted by molar-refractivity contribution is 5.87. The van der Waals surface area contributed by atoms with E-state index < -0.39 is 0 Å². The van der Waals surface area contributed by atoms with Gasteiger partial charge in [-0.3, -0.25) is 4.79 Å². The predicted octanol–water partition coefficient (Wildman–Crippen LogP) is 4.89. The van der Waals surface area contributed by atoms with Crippen molar-refractivity contribution in [1.82, 2.24) is 4.98 Å². The maximum absolute atomic E-state index is 11.2. The van der Waals surface area contributed by atoms with Gasteiger partial charge >= 0.3 is 5.97 Å². The molecule has 0 saturated carbocycles. The lowest BCUT2D eigenvalue weighted by Gasteiger charge is -2.05. The first-order valence-corrected chi connectivity index (χ1v) is 7.70. The lowest BCUT2D eigenvalue weighted by Crippen LogP contribution is -2.02. The van der Waals surface area contributed by atoms with Crippen LogP contribution in [-0.2, 0) is 4.79 Å². The average molecular weight is 315 g/mol. The third-order valence-corrected chi connectivity index (χ3v) is 3.42. The summed E-state index contributed by atoms with van der Waals surface area (Å²) in [6.07, 6.45) is 7.86. The monoisotopic (exact) mass is 315 g/mol. The molecule has 118 valence electrons. The van der Waals surface area contributed by atoms with E-state index in [4.69, 9.17) is 4.74 Å². The number of benzene rings is 2. The number of hydrogen-bond acceptors (Lipinski definition) is 3. The van der Waals surface area contributed by atoms with Crippen molar-refractivity contribution >= 4 is 29.0 Å². The Hall–Kier alpha value is -3.20. The highest BCUT2D eigenvalue weighted by atomic mass is 16.5. The summed E-state index contributed by atoms with van der Waals surface area (Å²) < 4.78 is 5.23. The molecule has 0 radical (unpaired) electrons. The Bertz CT molecular complexity index is 912. The zero-order valence-electron chi connectivity index (χ0n) is 13.3. The van der Waals surface area contributed by atoms with Gasteiger partial charge in [0.2, 0.25) is 0 Å². The van der Waals surface area contributed by atoms with Gasteiger partial charge in [-0.05, 0) is 23.8 Å². The van der Waals surface area contributed by atoms with E-state index in [9.17, 15) is 4.79 Å². The summed E-state index contributed by atoms with van der Waals surface area (Å²) in [6.45, 7) is 1.39. The fourth-order valence-electron chi connectivity index (χ4n) is 2.35. The third kappa shape index (κ3) is 3.96. The lowest BCUT2D eigenvalue weighted by molar-refractivity contribution is -0.131. The van der Waals surface area contributed by atoms with Gasteiger partial charge in [0.25, 0.3) is 0 Å². The largest absolute Gasteiger partial charge is 0.424 e.